The van der Waals surface area contributed by atoms with Crippen molar-refractivity contribution in [1.29, 1.82) is 0 Å². The number of aromatic nitrogens is 3. The van der Waals surface area contributed by atoms with Crippen molar-refractivity contribution in [2.75, 3.05) is 13.1 Å². The van der Waals surface area contributed by atoms with Crippen molar-refractivity contribution < 1.29 is 0 Å². The highest BCUT2D eigenvalue weighted by Gasteiger charge is 2.26. The fourth-order valence-corrected chi connectivity index (χ4v) is 3.84. The maximum atomic E-state index is 12.1. The van der Waals surface area contributed by atoms with E-state index in [1.165, 1.54) is 0 Å². The molecule has 0 bridgehead atoms. The van der Waals surface area contributed by atoms with Gasteiger partial charge in [-0.1, -0.05) is 35.3 Å². The van der Waals surface area contributed by atoms with Crippen LogP contribution in [0.2, 0.25) is 10.0 Å². The Labute approximate surface area is 167 Å². The third kappa shape index (κ3) is 4.05. The lowest BCUT2D eigenvalue weighted by atomic mass is 10.0. The van der Waals surface area contributed by atoms with Gasteiger partial charge in [0.2, 0.25) is 0 Å². The Hall–Kier alpha value is -2.21. The molecule has 1 N–H and O–H groups in total. The topological polar surface area (TPSA) is 61.9 Å². The van der Waals surface area contributed by atoms with Gasteiger partial charge in [0.05, 0.1) is 15.7 Å². The number of nitrogens with one attached hydrogen (secondary N) is 1. The van der Waals surface area contributed by atoms with Gasteiger partial charge in [-0.25, -0.2) is 4.98 Å². The number of halogens is 2. The van der Waals surface area contributed by atoms with E-state index < -0.39 is 0 Å². The molecule has 1 aliphatic rings. The van der Waals surface area contributed by atoms with E-state index in [-0.39, 0.29) is 11.5 Å². The molecular weight excluding hydrogens is 383 g/mol. The van der Waals surface area contributed by atoms with E-state index in [0.717, 1.165) is 42.9 Å². The van der Waals surface area contributed by atoms with Crippen LogP contribution < -0.4 is 5.56 Å². The standard InChI is InChI=1S/C20H18Cl2N4O/c21-16-3-1-2-15(19(16)22)12-26-9-6-14(11-26)17-10-18(27)25-20(24-17)13-4-7-23-8-5-13/h1-5,7-8,10,14H,6,9,11-12H2,(H,24,25,27)/t14-/m1/s1. The van der Waals surface area contributed by atoms with Crippen molar-refractivity contribution in [1.82, 2.24) is 19.9 Å². The van der Waals surface area contributed by atoms with Crippen LogP contribution in [-0.2, 0) is 6.54 Å². The molecule has 0 amide bonds. The third-order valence-corrected chi connectivity index (χ3v) is 5.69. The lowest BCUT2D eigenvalue weighted by Gasteiger charge is -2.17. The van der Waals surface area contributed by atoms with Crippen molar-refractivity contribution in [3.8, 4) is 11.4 Å². The summed E-state index contributed by atoms with van der Waals surface area (Å²) in [6.07, 6.45) is 4.33. The van der Waals surface area contributed by atoms with Crippen LogP contribution in [0, 0.1) is 0 Å². The molecule has 1 fully saturated rings. The normalized spacial score (nSPS) is 17.3. The Bertz CT molecular complexity index is 1010. The summed E-state index contributed by atoms with van der Waals surface area (Å²) < 4.78 is 0. The minimum atomic E-state index is -0.136. The Balaban J connectivity index is 1.53. The first-order valence-electron chi connectivity index (χ1n) is 8.77. The van der Waals surface area contributed by atoms with Crippen LogP contribution in [0.5, 0.6) is 0 Å². The van der Waals surface area contributed by atoms with Crippen LogP contribution in [0.4, 0.5) is 0 Å². The van der Waals surface area contributed by atoms with Crippen molar-refractivity contribution in [2.24, 2.45) is 0 Å². The molecule has 27 heavy (non-hydrogen) atoms. The minimum Gasteiger partial charge on any atom is -0.307 e. The monoisotopic (exact) mass is 400 g/mol. The highest BCUT2D eigenvalue weighted by atomic mass is 35.5. The van der Waals surface area contributed by atoms with Crippen LogP contribution in [0.3, 0.4) is 0 Å². The van der Waals surface area contributed by atoms with E-state index in [1.54, 1.807) is 24.5 Å². The summed E-state index contributed by atoms with van der Waals surface area (Å²) in [7, 11) is 0. The van der Waals surface area contributed by atoms with Gasteiger partial charge in [-0.3, -0.25) is 14.7 Å². The van der Waals surface area contributed by atoms with Crippen molar-refractivity contribution in [3.63, 3.8) is 0 Å². The van der Waals surface area contributed by atoms with Crippen LogP contribution in [-0.4, -0.2) is 32.9 Å². The molecule has 0 aliphatic carbocycles. The fraction of sp³-hybridized carbons (Fsp3) is 0.250. The van der Waals surface area contributed by atoms with Gasteiger partial charge in [-0.15, -0.1) is 0 Å². The Morgan fingerprint density at radius 3 is 2.81 bits per heavy atom. The smallest absolute Gasteiger partial charge is 0.251 e. The molecule has 1 saturated heterocycles. The maximum Gasteiger partial charge on any atom is 0.251 e. The van der Waals surface area contributed by atoms with Gasteiger partial charge >= 0.3 is 0 Å². The molecule has 3 aromatic rings. The van der Waals surface area contributed by atoms with E-state index in [4.69, 9.17) is 28.2 Å². The molecule has 1 aliphatic heterocycles. The molecule has 0 saturated carbocycles. The van der Waals surface area contributed by atoms with Crippen molar-refractivity contribution in [3.05, 3.63) is 80.4 Å². The molecule has 0 radical (unpaired) electrons. The summed E-state index contributed by atoms with van der Waals surface area (Å²) in [6.45, 7) is 2.48. The first-order chi connectivity index (χ1) is 13.1. The van der Waals surface area contributed by atoms with E-state index in [0.29, 0.717) is 15.9 Å². The summed E-state index contributed by atoms with van der Waals surface area (Å²) in [5.74, 6) is 0.794. The molecule has 0 spiro atoms. The summed E-state index contributed by atoms with van der Waals surface area (Å²) in [6, 6.07) is 11.0. The molecule has 5 nitrogen and oxygen atoms in total. The summed E-state index contributed by atoms with van der Waals surface area (Å²) >= 11 is 12.4. The highest BCUT2D eigenvalue weighted by molar-refractivity contribution is 6.42. The van der Waals surface area contributed by atoms with Gasteiger partial charge in [0, 0.05) is 43.0 Å². The fourth-order valence-electron chi connectivity index (χ4n) is 3.46. The predicted molar refractivity (Wildman–Crippen MR) is 107 cm³/mol. The second-order valence-electron chi connectivity index (χ2n) is 6.69. The first kappa shape index (κ1) is 18.2. The number of H-pyrrole nitrogens is 1. The molecule has 2 aromatic heterocycles. The zero-order valence-corrected chi connectivity index (χ0v) is 16.0. The van der Waals surface area contributed by atoms with E-state index in [2.05, 4.69) is 14.9 Å². The Morgan fingerprint density at radius 1 is 1.19 bits per heavy atom. The lowest BCUT2D eigenvalue weighted by Crippen LogP contribution is -2.21. The third-order valence-electron chi connectivity index (χ3n) is 4.83. The summed E-state index contributed by atoms with van der Waals surface area (Å²) in [4.78, 5) is 26.0. The maximum absolute atomic E-state index is 12.1. The number of nitrogens with zero attached hydrogens (tertiary/aromatic N) is 3. The van der Waals surface area contributed by atoms with Crippen molar-refractivity contribution in [2.45, 2.75) is 18.9 Å². The molecule has 3 heterocycles. The van der Waals surface area contributed by atoms with Gasteiger partial charge in [0.25, 0.3) is 5.56 Å². The number of pyridine rings is 1. The average Bonchev–Trinajstić information content (AvgIpc) is 3.14. The number of aromatic amines is 1. The molecule has 1 aromatic carbocycles. The summed E-state index contributed by atoms with van der Waals surface area (Å²) in [5, 5.41) is 1.18. The number of benzene rings is 1. The quantitative estimate of drug-likeness (QED) is 0.714. The van der Waals surface area contributed by atoms with Gasteiger partial charge in [-0.2, -0.15) is 0 Å². The largest absolute Gasteiger partial charge is 0.307 e. The number of rotatable bonds is 4. The van der Waals surface area contributed by atoms with E-state index in [1.807, 2.05) is 24.3 Å². The van der Waals surface area contributed by atoms with Crippen LogP contribution in [0.25, 0.3) is 11.4 Å². The number of hydrogen-bond acceptors (Lipinski definition) is 4. The lowest BCUT2D eigenvalue weighted by molar-refractivity contribution is 0.326. The van der Waals surface area contributed by atoms with Gasteiger partial charge < -0.3 is 4.98 Å². The zero-order valence-electron chi connectivity index (χ0n) is 14.5. The van der Waals surface area contributed by atoms with Crippen LogP contribution >= 0.6 is 23.2 Å². The minimum absolute atomic E-state index is 0.136. The van der Waals surface area contributed by atoms with Crippen LogP contribution in [0.15, 0.2) is 53.6 Å². The molecule has 4 rings (SSSR count). The van der Waals surface area contributed by atoms with Gasteiger partial charge in [-0.05, 0) is 36.7 Å². The molecule has 0 unspecified atom stereocenters. The SMILES string of the molecule is O=c1cc([C@@H]2CCN(Cc3cccc(Cl)c3Cl)C2)nc(-c2ccncc2)[nH]1. The van der Waals surface area contributed by atoms with E-state index >= 15 is 0 Å². The van der Waals surface area contributed by atoms with Gasteiger partial charge in [0.1, 0.15) is 5.82 Å². The number of likely N-dealkylation sites (tertiary alicyclic amines) is 1. The predicted octanol–water partition coefficient (Wildman–Crippen LogP) is 4.13. The highest BCUT2D eigenvalue weighted by Crippen LogP contribution is 2.31. The van der Waals surface area contributed by atoms with E-state index in [9.17, 15) is 4.79 Å². The Kier molecular flexibility index (Phi) is 5.25. The van der Waals surface area contributed by atoms with Crippen molar-refractivity contribution >= 4 is 23.2 Å². The first-order valence-corrected chi connectivity index (χ1v) is 9.52. The average molecular weight is 401 g/mol. The molecule has 7 heteroatoms. The van der Waals surface area contributed by atoms with Crippen LogP contribution in [0.1, 0.15) is 23.6 Å². The second kappa shape index (κ2) is 7.80. The second-order valence-corrected chi connectivity index (χ2v) is 7.47. The zero-order chi connectivity index (χ0) is 18.8. The molecule has 1 atom stereocenters. The molecular formula is C20H18Cl2N4O. The van der Waals surface area contributed by atoms with Gasteiger partial charge in [0.15, 0.2) is 0 Å². The number of hydrogen-bond donors (Lipinski definition) is 1. The molecule has 138 valence electrons. The Morgan fingerprint density at radius 2 is 2.00 bits per heavy atom. The summed E-state index contributed by atoms with van der Waals surface area (Å²) in [5.41, 5.74) is 2.55.